The smallest absolute Gasteiger partial charge is 0.328 e. The van der Waals surface area contributed by atoms with Crippen LogP contribution in [0.4, 0.5) is 0 Å². The first-order chi connectivity index (χ1) is 7.68. The number of carbonyl (C=O) groups is 1. The average Bonchev–Trinajstić information content (AvgIpc) is 2.68. The van der Waals surface area contributed by atoms with E-state index < -0.39 is 5.97 Å². The minimum atomic E-state index is -0.901. The van der Waals surface area contributed by atoms with Crippen LogP contribution >= 0.6 is 0 Å². The maximum Gasteiger partial charge on any atom is 0.328 e. The number of hydrogen-bond acceptors (Lipinski definition) is 4. The fourth-order valence-electron chi connectivity index (χ4n) is 1.27. The number of nitrogens with one attached hydrogen (secondary N) is 1. The van der Waals surface area contributed by atoms with Gasteiger partial charge in [-0.25, -0.2) is 4.79 Å². The van der Waals surface area contributed by atoms with E-state index in [1.54, 1.807) is 17.8 Å². The molecule has 0 bridgehead atoms. The topological polar surface area (TPSA) is 80.0 Å². The van der Waals surface area contributed by atoms with Crippen molar-refractivity contribution >= 4 is 5.97 Å². The Morgan fingerprint density at radius 3 is 3.06 bits per heavy atom. The Kier molecular flexibility index (Phi) is 5.21. The van der Waals surface area contributed by atoms with Crippen molar-refractivity contribution in [2.75, 3.05) is 13.1 Å². The molecule has 0 aliphatic heterocycles. The Balaban J connectivity index is 2.06. The highest BCUT2D eigenvalue weighted by atomic mass is 16.4. The van der Waals surface area contributed by atoms with E-state index >= 15 is 0 Å². The molecule has 0 aromatic carbocycles. The first-order valence-corrected chi connectivity index (χ1v) is 5.13. The van der Waals surface area contributed by atoms with Crippen molar-refractivity contribution in [1.29, 1.82) is 0 Å². The zero-order valence-electron chi connectivity index (χ0n) is 9.26. The van der Waals surface area contributed by atoms with Crippen LogP contribution in [0, 0.1) is 0 Å². The van der Waals surface area contributed by atoms with E-state index in [0.29, 0.717) is 6.54 Å². The predicted octanol–water partition coefficient (Wildman–Crippen LogP) is 0.289. The summed E-state index contributed by atoms with van der Waals surface area (Å²) in [4.78, 5) is 10.3. The number of carboxylic acid groups (broad SMARTS) is 1. The first kappa shape index (κ1) is 12.4. The number of rotatable bonds is 7. The molecular formula is C10H16N4O2. The van der Waals surface area contributed by atoms with Crippen LogP contribution in [0.1, 0.15) is 13.3 Å². The van der Waals surface area contributed by atoms with Crippen molar-refractivity contribution in [1.82, 2.24) is 20.3 Å². The minimum Gasteiger partial charge on any atom is -0.478 e. The second kappa shape index (κ2) is 6.73. The summed E-state index contributed by atoms with van der Waals surface area (Å²) in [6, 6.07) is 0. The Bertz CT molecular complexity index is 346. The van der Waals surface area contributed by atoms with Gasteiger partial charge in [0, 0.05) is 25.4 Å². The van der Waals surface area contributed by atoms with Crippen molar-refractivity contribution in [2.24, 2.45) is 0 Å². The Hall–Kier alpha value is -1.69. The van der Waals surface area contributed by atoms with E-state index in [0.717, 1.165) is 25.1 Å². The Morgan fingerprint density at radius 1 is 1.62 bits per heavy atom. The van der Waals surface area contributed by atoms with E-state index in [4.69, 9.17) is 5.11 Å². The van der Waals surface area contributed by atoms with Gasteiger partial charge in [0.05, 0.1) is 6.20 Å². The van der Waals surface area contributed by atoms with Crippen molar-refractivity contribution in [3.8, 4) is 0 Å². The summed E-state index contributed by atoms with van der Waals surface area (Å²) < 4.78 is 1.77. The van der Waals surface area contributed by atoms with E-state index in [1.165, 1.54) is 6.08 Å². The number of aliphatic carboxylic acids is 1. The summed E-state index contributed by atoms with van der Waals surface area (Å²) in [5, 5.41) is 19.2. The molecule has 0 amide bonds. The minimum absolute atomic E-state index is 0.601. The molecule has 0 aliphatic rings. The number of hydrogen-bond donors (Lipinski definition) is 2. The molecule has 0 atom stereocenters. The standard InChI is InChI=1S/C10H16N4O2/c1-9(7-10(15)16)8-11-3-2-5-14-6-4-12-13-14/h4,6-7,11H,2-3,5,8H2,1H3,(H,15,16)/b9-7-. The molecule has 88 valence electrons. The predicted molar refractivity (Wildman–Crippen MR) is 58.9 cm³/mol. The third-order valence-electron chi connectivity index (χ3n) is 1.99. The van der Waals surface area contributed by atoms with E-state index in [-0.39, 0.29) is 0 Å². The number of aromatic nitrogens is 3. The van der Waals surface area contributed by atoms with Gasteiger partial charge in [-0.05, 0) is 19.9 Å². The number of nitrogens with zero attached hydrogens (tertiary/aromatic N) is 3. The molecule has 0 unspecified atom stereocenters. The lowest BCUT2D eigenvalue weighted by Crippen LogP contribution is -2.19. The molecule has 1 heterocycles. The summed E-state index contributed by atoms with van der Waals surface area (Å²) >= 11 is 0. The summed E-state index contributed by atoms with van der Waals surface area (Å²) in [5.41, 5.74) is 0.813. The van der Waals surface area contributed by atoms with E-state index in [9.17, 15) is 4.79 Å². The van der Waals surface area contributed by atoms with Crippen molar-refractivity contribution in [2.45, 2.75) is 19.9 Å². The number of aryl methyl sites for hydroxylation is 1. The van der Waals surface area contributed by atoms with Gasteiger partial charge in [-0.1, -0.05) is 10.8 Å². The second-order valence-corrected chi connectivity index (χ2v) is 3.53. The molecule has 0 radical (unpaired) electrons. The molecule has 1 aromatic heterocycles. The van der Waals surface area contributed by atoms with Crippen LogP contribution < -0.4 is 5.32 Å². The van der Waals surface area contributed by atoms with Gasteiger partial charge in [-0.3, -0.25) is 4.68 Å². The van der Waals surface area contributed by atoms with Gasteiger partial charge in [0.25, 0.3) is 0 Å². The molecule has 6 heteroatoms. The summed E-state index contributed by atoms with van der Waals surface area (Å²) in [5.74, 6) is -0.901. The zero-order chi connectivity index (χ0) is 11.8. The lowest BCUT2D eigenvalue weighted by atomic mass is 10.3. The van der Waals surface area contributed by atoms with Crippen molar-refractivity contribution < 1.29 is 9.90 Å². The van der Waals surface area contributed by atoms with Crippen LogP contribution in [0.25, 0.3) is 0 Å². The van der Waals surface area contributed by atoms with E-state index in [1.807, 2.05) is 6.20 Å². The quantitative estimate of drug-likeness (QED) is 0.514. The maximum atomic E-state index is 10.3. The van der Waals surface area contributed by atoms with Crippen LogP contribution in [-0.4, -0.2) is 39.2 Å². The van der Waals surface area contributed by atoms with Gasteiger partial charge < -0.3 is 10.4 Å². The maximum absolute atomic E-state index is 10.3. The van der Waals surface area contributed by atoms with E-state index in [2.05, 4.69) is 15.6 Å². The van der Waals surface area contributed by atoms with Crippen molar-refractivity contribution in [3.05, 3.63) is 24.0 Å². The Labute approximate surface area is 94.0 Å². The molecule has 2 N–H and O–H groups in total. The van der Waals surface area contributed by atoms with Gasteiger partial charge in [0.2, 0.25) is 0 Å². The van der Waals surface area contributed by atoms with Crippen LogP contribution in [0.15, 0.2) is 24.0 Å². The van der Waals surface area contributed by atoms with Crippen molar-refractivity contribution in [3.63, 3.8) is 0 Å². The summed E-state index contributed by atoms with van der Waals surface area (Å²) in [6.07, 6.45) is 5.61. The SMILES string of the molecule is C/C(=C/C(=O)O)CNCCCn1ccnn1. The van der Waals surface area contributed by atoms with Crippen LogP contribution in [0.3, 0.4) is 0 Å². The fourth-order valence-corrected chi connectivity index (χ4v) is 1.27. The normalized spacial score (nSPS) is 11.7. The lowest BCUT2D eigenvalue weighted by Gasteiger charge is -2.04. The third kappa shape index (κ3) is 5.26. The van der Waals surface area contributed by atoms with Crippen LogP contribution in [0.2, 0.25) is 0 Å². The molecule has 0 fully saturated rings. The highest BCUT2D eigenvalue weighted by molar-refractivity contribution is 5.80. The molecule has 0 saturated carbocycles. The molecular weight excluding hydrogens is 208 g/mol. The zero-order valence-corrected chi connectivity index (χ0v) is 9.26. The van der Waals surface area contributed by atoms with Gasteiger partial charge >= 0.3 is 5.97 Å². The van der Waals surface area contributed by atoms with Gasteiger partial charge in [-0.2, -0.15) is 0 Å². The summed E-state index contributed by atoms with van der Waals surface area (Å²) in [6.45, 7) is 4.03. The van der Waals surface area contributed by atoms with Gasteiger partial charge in [0.15, 0.2) is 0 Å². The first-order valence-electron chi connectivity index (χ1n) is 5.13. The second-order valence-electron chi connectivity index (χ2n) is 3.53. The average molecular weight is 224 g/mol. The molecule has 6 nitrogen and oxygen atoms in total. The van der Waals surface area contributed by atoms with Gasteiger partial charge in [0.1, 0.15) is 0 Å². The highest BCUT2D eigenvalue weighted by Gasteiger charge is 1.95. The Morgan fingerprint density at radius 2 is 2.44 bits per heavy atom. The monoisotopic (exact) mass is 224 g/mol. The third-order valence-corrected chi connectivity index (χ3v) is 1.99. The van der Waals surface area contributed by atoms with Crippen LogP contribution in [-0.2, 0) is 11.3 Å². The highest BCUT2D eigenvalue weighted by Crippen LogP contribution is 1.90. The molecule has 0 spiro atoms. The fraction of sp³-hybridized carbons (Fsp3) is 0.500. The molecule has 0 saturated heterocycles. The van der Waals surface area contributed by atoms with Crippen LogP contribution in [0.5, 0.6) is 0 Å². The molecule has 0 aliphatic carbocycles. The molecule has 1 rings (SSSR count). The summed E-state index contributed by atoms with van der Waals surface area (Å²) in [7, 11) is 0. The molecule has 1 aromatic rings. The molecule has 16 heavy (non-hydrogen) atoms. The largest absolute Gasteiger partial charge is 0.478 e. The van der Waals surface area contributed by atoms with Gasteiger partial charge in [-0.15, -0.1) is 5.10 Å². The number of carboxylic acids is 1. The lowest BCUT2D eigenvalue weighted by molar-refractivity contribution is -0.131.